The fraction of sp³-hybridized carbons (Fsp3) is 0.423. The Morgan fingerprint density at radius 2 is 1.82 bits per heavy atom. The maximum absolute atomic E-state index is 12.4. The molecule has 0 bridgehead atoms. The van der Waals surface area contributed by atoms with Crippen molar-refractivity contribution >= 4 is 19.3 Å². The maximum atomic E-state index is 12.4. The number of carbonyl (C=O) groups excluding carboxylic acids is 1. The number of hydrogen-bond donors (Lipinski definition) is 2. The van der Waals surface area contributed by atoms with Gasteiger partial charge in [-0.1, -0.05) is 54.6 Å². The van der Waals surface area contributed by atoms with Gasteiger partial charge in [0.2, 0.25) is 0 Å². The average Bonchev–Trinajstić information content (AvgIpc) is 3.02. The van der Waals surface area contributed by atoms with Gasteiger partial charge in [-0.25, -0.2) is 4.79 Å². The third kappa shape index (κ3) is 5.67. The van der Waals surface area contributed by atoms with Crippen LogP contribution in [0.1, 0.15) is 49.9 Å². The van der Waals surface area contributed by atoms with Crippen LogP contribution < -0.4 is 10.6 Å². The molecule has 2 aliphatic rings. The molecular weight excluding hydrogens is 415 g/mol. The molecular formula is C26H33BN2O4. The van der Waals surface area contributed by atoms with Crippen LogP contribution in [0.25, 0.3) is 6.08 Å². The van der Waals surface area contributed by atoms with E-state index in [2.05, 4.69) is 34.9 Å². The Morgan fingerprint density at radius 3 is 2.55 bits per heavy atom. The molecule has 2 aromatic carbocycles. The molecule has 0 aliphatic carbocycles. The molecule has 2 aliphatic heterocycles. The Balaban J connectivity index is 1.49. The van der Waals surface area contributed by atoms with Gasteiger partial charge in [0, 0.05) is 13.1 Å². The average molecular weight is 448 g/mol. The number of benzene rings is 2. The van der Waals surface area contributed by atoms with E-state index in [4.69, 9.17) is 14.0 Å². The first kappa shape index (κ1) is 23.5. The van der Waals surface area contributed by atoms with Crippen LogP contribution in [0.2, 0.25) is 0 Å². The minimum atomic E-state index is -0.557. The Kier molecular flexibility index (Phi) is 6.93. The van der Waals surface area contributed by atoms with Crippen molar-refractivity contribution in [1.29, 1.82) is 0 Å². The molecule has 0 aromatic heterocycles. The van der Waals surface area contributed by atoms with Gasteiger partial charge in [-0.3, -0.25) is 0 Å². The predicted molar refractivity (Wildman–Crippen MR) is 131 cm³/mol. The molecule has 1 saturated heterocycles. The molecule has 4 rings (SSSR count). The van der Waals surface area contributed by atoms with Gasteiger partial charge in [0.1, 0.15) is 6.61 Å². The third-order valence-electron chi connectivity index (χ3n) is 6.67. The van der Waals surface area contributed by atoms with Crippen molar-refractivity contribution in [3.8, 4) is 0 Å². The lowest BCUT2D eigenvalue weighted by atomic mass is 9.76. The summed E-state index contributed by atoms with van der Waals surface area (Å²) in [5.41, 5.74) is 4.59. The first-order valence-electron chi connectivity index (χ1n) is 11.6. The smallest absolute Gasteiger partial charge is 0.445 e. The Morgan fingerprint density at radius 1 is 1.09 bits per heavy atom. The highest BCUT2D eigenvalue weighted by Gasteiger charge is 2.52. The van der Waals surface area contributed by atoms with E-state index in [1.807, 2.05) is 58.0 Å². The summed E-state index contributed by atoms with van der Waals surface area (Å²) < 4.78 is 17.9. The Hall–Kier alpha value is -2.61. The minimum Gasteiger partial charge on any atom is -0.445 e. The van der Waals surface area contributed by atoms with Crippen molar-refractivity contribution in [2.45, 2.75) is 58.5 Å². The van der Waals surface area contributed by atoms with Crippen LogP contribution in [-0.2, 0) is 33.6 Å². The summed E-state index contributed by atoms with van der Waals surface area (Å²) in [5, 5.41) is 6.29. The van der Waals surface area contributed by atoms with Crippen LogP contribution in [0.5, 0.6) is 0 Å². The second-order valence-electron chi connectivity index (χ2n) is 9.68. The lowest BCUT2D eigenvalue weighted by molar-refractivity contribution is 0.00578. The molecule has 1 fully saturated rings. The minimum absolute atomic E-state index is 0.222. The molecule has 0 atom stereocenters. The van der Waals surface area contributed by atoms with Gasteiger partial charge in [-0.2, -0.15) is 0 Å². The maximum Gasteiger partial charge on any atom is 0.492 e. The lowest BCUT2D eigenvalue weighted by Gasteiger charge is -2.32. The number of fused-ring (bicyclic) bond motifs is 1. The summed E-state index contributed by atoms with van der Waals surface area (Å²) in [4.78, 5) is 12.4. The summed E-state index contributed by atoms with van der Waals surface area (Å²) in [6.45, 7) is 10.5. The van der Waals surface area contributed by atoms with Crippen molar-refractivity contribution in [3.63, 3.8) is 0 Å². The molecule has 33 heavy (non-hydrogen) atoms. The number of hydrogen-bond acceptors (Lipinski definition) is 5. The van der Waals surface area contributed by atoms with E-state index in [9.17, 15) is 4.79 Å². The number of nitrogens with one attached hydrogen (secondary N) is 2. The molecule has 2 aromatic rings. The first-order chi connectivity index (χ1) is 15.7. The summed E-state index contributed by atoms with van der Waals surface area (Å²) in [5.74, 6) is 0. The summed E-state index contributed by atoms with van der Waals surface area (Å²) >= 11 is 0. The standard InChI is InChI=1S/C26H33BN2O4/c1-25(2)26(3,4)33-27(32-25)23(15-20-10-11-21-12-13-28-16-22(21)14-20)17-29-24(30)31-18-19-8-6-5-7-9-19/h5-11,14-15,28H,12-13,16-18H2,1-4H3,(H,29,30). The molecule has 2 N–H and O–H groups in total. The normalized spacial score (nSPS) is 19.2. The zero-order valence-electron chi connectivity index (χ0n) is 19.9. The highest BCUT2D eigenvalue weighted by molar-refractivity contribution is 6.56. The van der Waals surface area contributed by atoms with E-state index in [-0.39, 0.29) is 13.2 Å². The highest BCUT2D eigenvalue weighted by atomic mass is 16.7. The van der Waals surface area contributed by atoms with Crippen molar-refractivity contribution in [1.82, 2.24) is 10.6 Å². The number of alkyl carbamates (subject to hydrolysis) is 1. The van der Waals surface area contributed by atoms with Crippen LogP contribution in [0.15, 0.2) is 54.0 Å². The molecule has 1 amide bonds. The van der Waals surface area contributed by atoms with Crippen LogP contribution in [0, 0.1) is 0 Å². The Labute approximate surface area is 196 Å². The van der Waals surface area contributed by atoms with Gasteiger partial charge in [0.05, 0.1) is 11.2 Å². The zero-order valence-corrected chi connectivity index (χ0v) is 19.9. The molecule has 0 radical (unpaired) electrons. The van der Waals surface area contributed by atoms with E-state index in [0.29, 0.717) is 0 Å². The zero-order chi connectivity index (χ0) is 23.5. The Bertz CT molecular complexity index is 1000. The van der Waals surface area contributed by atoms with Crippen molar-refractivity contribution in [2.24, 2.45) is 0 Å². The molecule has 2 heterocycles. The van der Waals surface area contributed by atoms with Crippen LogP contribution in [-0.4, -0.2) is 37.5 Å². The summed E-state index contributed by atoms with van der Waals surface area (Å²) in [6, 6.07) is 16.1. The highest BCUT2D eigenvalue weighted by Crippen LogP contribution is 2.38. The summed E-state index contributed by atoms with van der Waals surface area (Å²) in [7, 11) is -0.557. The molecule has 0 saturated carbocycles. The fourth-order valence-corrected chi connectivity index (χ4v) is 3.95. The van der Waals surface area contributed by atoms with E-state index in [0.717, 1.165) is 36.1 Å². The van der Waals surface area contributed by atoms with E-state index in [1.54, 1.807) is 0 Å². The van der Waals surface area contributed by atoms with E-state index < -0.39 is 24.4 Å². The number of rotatable bonds is 6. The van der Waals surface area contributed by atoms with Crippen LogP contribution in [0.3, 0.4) is 0 Å². The van der Waals surface area contributed by atoms with Gasteiger partial charge in [0.25, 0.3) is 0 Å². The topological polar surface area (TPSA) is 68.8 Å². The lowest BCUT2D eigenvalue weighted by Crippen LogP contribution is -2.41. The number of amides is 1. The largest absolute Gasteiger partial charge is 0.492 e. The van der Waals surface area contributed by atoms with Crippen molar-refractivity contribution in [3.05, 3.63) is 76.3 Å². The quantitative estimate of drug-likeness (QED) is 0.646. The van der Waals surface area contributed by atoms with Gasteiger partial charge in [-0.15, -0.1) is 0 Å². The van der Waals surface area contributed by atoms with Gasteiger partial charge in [0.15, 0.2) is 0 Å². The number of ether oxygens (including phenoxy) is 1. The van der Waals surface area contributed by atoms with Crippen molar-refractivity contribution in [2.75, 3.05) is 13.1 Å². The second kappa shape index (κ2) is 9.71. The van der Waals surface area contributed by atoms with E-state index >= 15 is 0 Å². The molecule has 0 spiro atoms. The third-order valence-corrected chi connectivity index (χ3v) is 6.67. The molecule has 174 valence electrons. The molecule has 0 unspecified atom stereocenters. The van der Waals surface area contributed by atoms with Gasteiger partial charge >= 0.3 is 13.2 Å². The second-order valence-corrected chi connectivity index (χ2v) is 9.68. The number of carbonyl (C=O) groups is 1. The molecule has 6 nitrogen and oxygen atoms in total. The predicted octanol–water partition coefficient (Wildman–Crippen LogP) is 4.27. The first-order valence-corrected chi connectivity index (χ1v) is 11.6. The van der Waals surface area contributed by atoms with Crippen molar-refractivity contribution < 1.29 is 18.8 Å². The van der Waals surface area contributed by atoms with Gasteiger partial charge < -0.3 is 24.7 Å². The monoisotopic (exact) mass is 448 g/mol. The molecule has 7 heteroatoms. The fourth-order valence-electron chi connectivity index (χ4n) is 3.95. The summed E-state index contributed by atoms with van der Waals surface area (Å²) in [6.07, 6.45) is 2.61. The van der Waals surface area contributed by atoms with E-state index in [1.165, 1.54) is 11.1 Å². The van der Waals surface area contributed by atoms with Crippen LogP contribution in [0.4, 0.5) is 4.79 Å². The van der Waals surface area contributed by atoms with Crippen LogP contribution >= 0.6 is 0 Å². The SMILES string of the molecule is CC1(C)OB(C(=Cc2ccc3c(c2)CNCC3)CNC(=O)OCc2ccccc2)OC1(C)C. The van der Waals surface area contributed by atoms with Gasteiger partial charge in [-0.05, 0) is 68.4 Å².